The van der Waals surface area contributed by atoms with Crippen molar-refractivity contribution >= 4 is 27.5 Å². The molecule has 0 radical (unpaired) electrons. The van der Waals surface area contributed by atoms with Crippen LogP contribution in [-0.2, 0) is 0 Å². The molecule has 0 bridgehead atoms. The zero-order chi connectivity index (χ0) is 15.5. The molecule has 2 heterocycles. The van der Waals surface area contributed by atoms with Crippen LogP contribution in [0.2, 0.25) is 0 Å². The monoisotopic (exact) mass is 357 g/mol. The second-order valence-corrected chi connectivity index (χ2v) is 5.61. The first kappa shape index (κ1) is 14.5. The summed E-state index contributed by atoms with van der Waals surface area (Å²) in [4.78, 5) is 16.2. The molecule has 0 unspecified atom stereocenters. The fourth-order valence-corrected chi connectivity index (χ4v) is 2.53. The molecule has 0 aliphatic heterocycles. The largest absolute Gasteiger partial charge is 0.355 e. The van der Waals surface area contributed by atoms with E-state index in [9.17, 15) is 4.79 Å². The molecular formula is C16H12BrN3O2. The predicted molar refractivity (Wildman–Crippen MR) is 86.6 cm³/mol. The third kappa shape index (κ3) is 3.07. The van der Waals surface area contributed by atoms with Crippen molar-refractivity contribution in [2.45, 2.75) is 6.92 Å². The lowest BCUT2D eigenvalue weighted by atomic mass is 10.2. The van der Waals surface area contributed by atoms with Crippen molar-refractivity contribution in [1.29, 1.82) is 0 Å². The Labute approximate surface area is 135 Å². The quantitative estimate of drug-likeness (QED) is 0.767. The fourth-order valence-electron chi connectivity index (χ4n) is 1.93. The summed E-state index contributed by atoms with van der Waals surface area (Å²) in [5, 5.41) is 6.60. The van der Waals surface area contributed by atoms with Gasteiger partial charge in [0.1, 0.15) is 0 Å². The average molecular weight is 358 g/mol. The summed E-state index contributed by atoms with van der Waals surface area (Å²) in [5.41, 5.74) is 2.77. The zero-order valence-electron chi connectivity index (χ0n) is 11.7. The maximum atomic E-state index is 12.2. The Morgan fingerprint density at radius 2 is 2.14 bits per heavy atom. The molecule has 5 nitrogen and oxygen atoms in total. The van der Waals surface area contributed by atoms with E-state index in [1.165, 1.54) is 0 Å². The number of benzene rings is 1. The highest BCUT2D eigenvalue weighted by molar-refractivity contribution is 9.10. The Morgan fingerprint density at radius 3 is 2.86 bits per heavy atom. The molecule has 0 saturated heterocycles. The molecule has 0 spiro atoms. The van der Waals surface area contributed by atoms with Gasteiger partial charge in [-0.2, -0.15) is 0 Å². The first-order valence-electron chi connectivity index (χ1n) is 6.58. The zero-order valence-corrected chi connectivity index (χ0v) is 13.3. The number of carbonyl (C=O) groups excluding carboxylic acids is 1. The van der Waals surface area contributed by atoms with Gasteiger partial charge in [-0.1, -0.05) is 11.2 Å². The first-order chi connectivity index (χ1) is 10.6. The Kier molecular flexibility index (Phi) is 4.02. The SMILES string of the molecule is Cc1ccc(NC(=O)c2cc(-c3cccnc3)on2)c(Br)c1. The van der Waals surface area contributed by atoms with Gasteiger partial charge >= 0.3 is 0 Å². The molecule has 1 aromatic carbocycles. The van der Waals surface area contributed by atoms with E-state index in [0.29, 0.717) is 11.4 Å². The maximum Gasteiger partial charge on any atom is 0.277 e. The van der Waals surface area contributed by atoms with Crippen LogP contribution in [0.25, 0.3) is 11.3 Å². The van der Waals surface area contributed by atoms with Crippen molar-refractivity contribution in [2.75, 3.05) is 5.32 Å². The molecule has 3 aromatic rings. The van der Waals surface area contributed by atoms with E-state index in [1.807, 2.05) is 31.2 Å². The second-order valence-electron chi connectivity index (χ2n) is 4.76. The van der Waals surface area contributed by atoms with Crippen LogP contribution in [0.1, 0.15) is 16.1 Å². The van der Waals surface area contributed by atoms with E-state index in [4.69, 9.17) is 4.52 Å². The second kappa shape index (κ2) is 6.11. The number of aryl methyl sites for hydroxylation is 1. The summed E-state index contributed by atoms with van der Waals surface area (Å²) in [7, 11) is 0. The third-order valence-corrected chi connectivity index (χ3v) is 3.72. The molecule has 1 N–H and O–H groups in total. The number of aromatic nitrogens is 2. The molecule has 2 aromatic heterocycles. The molecule has 0 saturated carbocycles. The molecule has 0 aliphatic carbocycles. The fraction of sp³-hybridized carbons (Fsp3) is 0.0625. The number of hydrogen-bond donors (Lipinski definition) is 1. The van der Waals surface area contributed by atoms with Crippen LogP contribution in [-0.4, -0.2) is 16.0 Å². The molecule has 22 heavy (non-hydrogen) atoms. The van der Waals surface area contributed by atoms with Gasteiger partial charge in [0, 0.05) is 28.5 Å². The standard InChI is InChI=1S/C16H12BrN3O2/c1-10-4-5-13(12(17)7-10)19-16(21)14-8-15(22-20-14)11-3-2-6-18-9-11/h2-9H,1H3,(H,19,21). The van der Waals surface area contributed by atoms with E-state index in [-0.39, 0.29) is 11.6 Å². The molecule has 110 valence electrons. The lowest BCUT2D eigenvalue weighted by molar-refractivity contribution is 0.101. The van der Waals surface area contributed by atoms with Gasteiger partial charge < -0.3 is 9.84 Å². The van der Waals surface area contributed by atoms with Crippen LogP contribution in [0, 0.1) is 6.92 Å². The highest BCUT2D eigenvalue weighted by Gasteiger charge is 2.15. The number of halogens is 1. The van der Waals surface area contributed by atoms with Gasteiger partial charge in [0.05, 0.1) is 5.69 Å². The highest BCUT2D eigenvalue weighted by atomic mass is 79.9. The third-order valence-electron chi connectivity index (χ3n) is 3.06. The van der Waals surface area contributed by atoms with Gasteiger partial charge in [0.25, 0.3) is 5.91 Å². The number of rotatable bonds is 3. The summed E-state index contributed by atoms with van der Waals surface area (Å²) in [6.45, 7) is 1.98. The van der Waals surface area contributed by atoms with Gasteiger partial charge in [-0.15, -0.1) is 0 Å². The molecule has 3 rings (SSSR count). The van der Waals surface area contributed by atoms with Crippen LogP contribution < -0.4 is 5.32 Å². The van der Waals surface area contributed by atoms with Gasteiger partial charge in [-0.05, 0) is 52.7 Å². The van der Waals surface area contributed by atoms with Gasteiger partial charge in [-0.25, -0.2) is 0 Å². The van der Waals surface area contributed by atoms with Crippen LogP contribution in [0.15, 0.2) is 57.8 Å². The molecule has 0 aliphatic rings. The Morgan fingerprint density at radius 1 is 1.27 bits per heavy atom. The number of hydrogen-bond acceptors (Lipinski definition) is 4. The summed E-state index contributed by atoms with van der Waals surface area (Å²) in [5.74, 6) is 0.171. The minimum Gasteiger partial charge on any atom is -0.355 e. The van der Waals surface area contributed by atoms with Crippen molar-refractivity contribution in [1.82, 2.24) is 10.1 Å². The van der Waals surface area contributed by atoms with Crippen molar-refractivity contribution in [3.8, 4) is 11.3 Å². The summed E-state index contributed by atoms with van der Waals surface area (Å²) < 4.78 is 6.01. The van der Waals surface area contributed by atoms with Crippen LogP contribution >= 0.6 is 15.9 Å². The van der Waals surface area contributed by atoms with E-state index < -0.39 is 0 Å². The van der Waals surface area contributed by atoms with Gasteiger partial charge in [0.2, 0.25) is 0 Å². The number of anilines is 1. The Bertz CT molecular complexity index is 815. The number of nitrogens with zero attached hydrogens (tertiary/aromatic N) is 2. The molecular weight excluding hydrogens is 346 g/mol. The Hall–Kier alpha value is -2.47. The molecule has 0 fully saturated rings. The number of nitrogens with one attached hydrogen (secondary N) is 1. The number of carbonyl (C=O) groups is 1. The smallest absolute Gasteiger partial charge is 0.277 e. The van der Waals surface area contributed by atoms with E-state index in [1.54, 1.807) is 24.5 Å². The molecule has 1 amide bonds. The van der Waals surface area contributed by atoms with Crippen molar-refractivity contribution in [3.05, 3.63) is 64.5 Å². The van der Waals surface area contributed by atoms with E-state index in [2.05, 4.69) is 31.4 Å². The highest BCUT2D eigenvalue weighted by Crippen LogP contribution is 2.24. The van der Waals surface area contributed by atoms with Crippen molar-refractivity contribution in [2.24, 2.45) is 0 Å². The number of amides is 1. The van der Waals surface area contributed by atoms with Crippen molar-refractivity contribution < 1.29 is 9.32 Å². The first-order valence-corrected chi connectivity index (χ1v) is 7.37. The van der Waals surface area contributed by atoms with Crippen LogP contribution in [0.4, 0.5) is 5.69 Å². The van der Waals surface area contributed by atoms with Crippen LogP contribution in [0.5, 0.6) is 0 Å². The minimum absolute atomic E-state index is 0.214. The Balaban J connectivity index is 1.80. The van der Waals surface area contributed by atoms with E-state index >= 15 is 0 Å². The van der Waals surface area contributed by atoms with Crippen molar-refractivity contribution in [3.63, 3.8) is 0 Å². The predicted octanol–water partition coefficient (Wildman–Crippen LogP) is 4.06. The normalized spacial score (nSPS) is 10.5. The lowest BCUT2D eigenvalue weighted by Gasteiger charge is -2.06. The number of pyridine rings is 1. The molecule has 0 atom stereocenters. The van der Waals surface area contributed by atoms with E-state index in [0.717, 1.165) is 15.6 Å². The van der Waals surface area contributed by atoms with Gasteiger partial charge in [0.15, 0.2) is 11.5 Å². The van der Waals surface area contributed by atoms with Gasteiger partial charge in [-0.3, -0.25) is 9.78 Å². The summed E-state index contributed by atoms with van der Waals surface area (Å²) >= 11 is 3.42. The summed E-state index contributed by atoms with van der Waals surface area (Å²) in [6, 6.07) is 10.9. The lowest BCUT2D eigenvalue weighted by Crippen LogP contribution is -2.12. The summed E-state index contributed by atoms with van der Waals surface area (Å²) in [6.07, 6.45) is 3.32. The molecule has 6 heteroatoms. The topological polar surface area (TPSA) is 68.0 Å². The maximum absolute atomic E-state index is 12.2. The van der Waals surface area contributed by atoms with Crippen LogP contribution in [0.3, 0.4) is 0 Å². The average Bonchev–Trinajstić information content (AvgIpc) is 3.01. The minimum atomic E-state index is -0.330.